The molecule has 0 heterocycles. The highest BCUT2D eigenvalue weighted by Gasteiger charge is 2.31. The number of sulfonamides is 1. The van der Waals surface area contributed by atoms with Gasteiger partial charge in [-0.3, -0.25) is 13.9 Å². The van der Waals surface area contributed by atoms with Gasteiger partial charge < -0.3 is 10.2 Å². The van der Waals surface area contributed by atoms with Gasteiger partial charge in [0.15, 0.2) is 0 Å². The lowest BCUT2D eigenvalue weighted by atomic mass is 9.95. The standard InChI is InChI=1S/C25H31Cl2N3O4S/c1-18(25(32)28-22-11-7-4-8-12-22)29(16-19-9-5-3-6-10-19)24(31)17-30(35(2,33)34)23-14-20(26)13-21(27)15-23/h3,5-6,9-10,13-15,18,22H,4,7-8,11-12,16-17H2,1-2H3,(H,28,32)/t18-/m1/s1. The fourth-order valence-electron chi connectivity index (χ4n) is 4.23. The van der Waals surface area contributed by atoms with Gasteiger partial charge in [-0.25, -0.2) is 8.42 Å². The van der Waals surface area contributed by atoms with Crippen LogP contribution in [0.5, 0.6) is 0 Å². The minimum atomic E-state index is -3.85. The highest BCUT2D eigenvalue weighted by Crippen LogP contribution is 2.27. The molecular weight excluding hydrogens is 509 g/mol. The molecule has 0 unspecified atom stereocenters. The van der Waals surface area contributed by atoms with Crippen molar-refractivity contribution in [3.05, 3.63) is 64.1 Å². The lowest BCUT2D eigenvalue weighted by molar-refractivity contribution is -0.139. The summed E-state index contributed by atoms with van der Waals surface area (Å²) in [5.74, 6) is -0.764. The van der Waals surface area contributed by atoms with Crippen LogP contribution in [0.2, 0.25) is 10.0 Å². The zero-order chi connectivity index (χ0) is 25.6. The second kappa shape index (κ2) is 12.1. The summed E-state index contributed by atoms with van der Waals surface area (Å²) in [6, 6.07) is 12.9. The Bertz CT molecular complexity index is 1120. The molecule has 2 aromatic carbocycles. The molecule has 3 rings (SSSR count). The zero-order valence-corrected chi connectivity index (χ0v) is 22.2. The van der Waals surface area contributed by atoms with Crippen LogP contribution in [-0.2, 0) is 26.2 Å². The quantitative estimate of drug-likeness (QED) is 0.503. The molecule has 0 bridgehead atoms. The summed E-state index contributed by atoms with van der Waals surface area (Å²) in [5, 5.41) is 3.56. The molecule has 0 radical (unpaired) electrons. The van der Waals surface area contributed by atoms with E-state index in [1.54, 1.807) is 6.92 Å². The first-order valence-corrected chi connectivity index (χ1v) is 14.2. The molecular formula is C25H31Cl2N3O4S. The molecule has 10 heteroatoms. The lowest BCUT2D eigenvalue weighted by Gasteiger charge is -2.33. The number of hydrogen-bond donors (Lipinski definition) is 1. The summed E-state index contributed by atoms with van der Waals surface area (Å²) >= 11 is 12.2. The smallest absolute Gasteiger partial charge is 0.244 e. The molecule has 0 saturated heterocycles. The summed E-state index contributed by atoms with van der Waals surface area (Å²) in [6.45, 7) is 1.33. The van der Waals surface area contributed by atoms with Crippen LogP contribution in [0.4, 0.5) is 5.69 Å². The summed E-state index contributed by atoms with van der Waals surface area (Å²) in [6.07, 6.45) is 6.14. The van der Waals surface area contributed by atoms with Crippen molar-refractivity contribution in [3.63, 3.8) is 0 Å². The van der Waals surface area contributed by atoms with Gasteiger partial charge in [-0.1, -0.05) is 72.8 Å². The number of benzene rings is 2. The highest BCUT2D eigenvalue weighted by molar-refractivity contribution is 7.92. The first-order valence-electron chi connectivity index (χ1n) is 11.6. The molecule has 7 nitrogen and oxygen atoms in total. The minimum absolute atomic E-state index is 0.0912. The number of nitrogens with one attached hydrogen (secondary N) is 1. The van der Waals surface area contributed by atoms with E-state index < -0.39 is 28.5 Å². The third kappa shape index (κ3) is 7.85. The van der Waals surface area contributed by atoms with Crippen molar-refractivity contribution in [3.8, 4) is 0 Å². The molecule has 35 heavy (non-hydrogen) atoms. The van der Waals surface area contributed by atoms with E-state index in [0.717, 1.165) is 48.2 Å². The number of hydrogen-bond acceptors (Lipinski definition) is 4. The van der Waals surface area contributed by atoms with Crippen LogP contribution < -0.4 is 9.62 Å². The fourth-order valence-corrected chi connectivity index (χ4v) is 5.58. The second-order valence-electron chi connectivity index (χ2n) is 8.92. The Labute approximate surface area is 217 Å². The maximum atomic E-state index is 13.6. The summed E-state index contributed by atoms with van der Waals surface area (Å²) < 4.78 is 26.2. The molecule has 0 spiro atoms. The van der Waals surface area contributed by atoms with E-state index in [-0.39, 0.29) is 34.2 Å². The Morgan fingerprint density at radius 1 is 1.03 bits per heavy atom. The van der Waals surface area contributed by atoms with Crippen molar-refractivity contribution >= 4 is 50.7 Å². The van der Waals surface area contributed by atoms with E-state index in [2.05, 4.69) is 5.32 Å². The third-order valence-electron chi connectivity index (χ3n) is 6.13. The molecule has 1 N–H and O–H groups in total. The first-order chi connectivity index (χ1) is 16.5. The Hall–Kier alpha value is -2.29. The molecule has 1 fully saturated rings. The lowest BCUT2D eigenvalue weighted by Crippen LogP contribution is -2.52. The number of carbonyl (C=O) groups excluding carboxylic acids is 2. The molecule has 1 saturated carbocycles. The van der Waals surface area contributed by atoms with Gasteiger partial charge in [0.2, 0.25) is 21.8 Å². The topological polar surface area (TPSA) is 86.8 Å². The van der Waals surface area contributed by atoms with Gasteiger partial charge in [0, 0.05) is 22.6 Å². The zero-order valence-electron chi connectivity index (χ0n) is 19.9. The Kier molecular flexibility index (Phi) is 9.44. The molecule has 190 valence electrons. The van der Waals surface area contributed by atoms with Crippen molar-refractivity contribution in [2.24, 2.45) is 0 Å². The molecule has 1 atom stereocenters. The Morgan fingerprint density at radius 2 is 1.63 bits per heavy atom. The van der Waals surface area contributed by atoms with E-state index in [0.29, 0.717) is 0 Å². The fraction of sp³-hybridized carbons (Fsp3) is 0.440. The number of anilines is 1. The van der Waals surface area contributed by atoms with E-state index >= 15 is 0 Å². The average molecular weight is 541 g/mol. The van der Waals surface area contributed by atoms with Gasteiger partial charge in [-0.05, 0) is 43.5 Å². The number of rotatable bonds is 9. The van der Waals surface area contributed by atoms with Gasteiger partial charge in [-0.2, -0.15) is 0 Å². The minimum Gasteiger partial charge on any atom is -0.352 e. The molecule has 0 aliphatic heterocycles. The number of nitrogens with zero attached hydrogens (tertiary/aromatic N) is 2. The number of amides is 2. The van der Waals surface area contributed by atoms with Crippen molar-refractivity contribution in [2.75, 3.05) is 17.1 Å². The Morgan fingerprint density at radius 3 is 2.20 bits per heavy atom. The second-order valence-corrected chi connectivity index (χ2v) is 11.7. The first kappa shape index (κ1) is 27.3. The number of carbonyl (C=O) groups is 2. The van der Waals surface area contributed by atoms with Crippen LogP contribution in [0, 0.1) is 0 Å². The largest absolute Gasteiger partial charge is 0.352 e. The van der Waals surface area contributed by atoms with Crippen LogP contribution in [-0.4, -0.2) is 50.0 Å². The maximum absolute atomic E-state index is 13.6. The maximum Gasteiger partial charge on any atom is 0.244 e. The van der Waals surface area contributed by atoms with Gasteiger partial charge in [-0.15, -0.1) is 0 Å². The SMILES string of the molecule is C[C@H](C(=O)NC1CCCCC1)N(Cc1ccccc1)C(=O)CN(c1cc(Cl)cc(Cl)c1)S(C)(=O)=O. The van der Waals surface area contributed by atoms with Crippen molar-refractivity contribution in [1.29, 1.82) is 0 Å². The monoisotopic (exact) mass is 539 g/mol. The van der Waals surface area contributed by atoms with Crippen LogP contribution >= 0.6 is 23.2 Å². The summed E-state index contributed by atoms with van der Waals surface area (Å²) in [7, 11) is -3.85. The van der Waals surface area contributed by atoms with Crippen molar-refractivity contribution in [2.45, 2.75) is 57.7 Å². The van der Waals surface area contributed by atoms with Gasteiger partial charge in [0.25, 0.3) is 0 Å². The Balaban J connectivity index is 1.87. The molecule has 2 aromatic rings. The van der Waals surface area contributed by atoms with Crippen LogP contribution in [0.1, 0.15) is 44.6 Å². The summed E-state index contributed by atoms with van der Waals surface area (Å²) in [4.78, 5) is 28.1. The van der Waals surface area contributed by atoms with Gasteiger partial charge in [0.1, 0.15) is 12.6 Å². The van der Waals surface area contributed by atoms with Crippen LogP contribution in [0.25, 0.3) is 0 Å². The van der Waals surface area contributed by atoms with Crippen molar-refractivity contribution < 1.29 is 18.0 Å². The van der Waals surface area contributed by atoms with Gasteiger partial charge in [0.05, 0.1) is 11.9 Å². The van der Waals surface area contributed by atoms with E-state index in [1.807, 2.05) is 30.3 Å². The molecule has 1 aliphatic carbocycles. The molecule has 1 aliphatic rings. The van der Waals surface area contributed by atoms with E-state index in [4.69, 9.17) is 23.2 Å². The van der Waals surface area contributed by atoms with Crippen LogP contribution in [0.15, 0.2) is 48.5 Å². The summed E-state index contributed by atoms with van der Waals surface area (Å²) in [5.41, 5.74) is 1.01. The normalized spacial score (nSPS) is 15.3. The molecule has 2 amide bonds. The van der Waals surface area contributed by atoms with Gasteiger partial charge >= 0.3 is 0 Å². The predicted octanol–water partition coefficient (Wildman–Crippen LogP) is 4.63. The average Bonchev–Trinajstić information content (AvgIpc) is 2.80. The third-order valence-corrected chi connectivity index (χ3v) is 7.71. The van der Waals surface area contributed by atoms with Crippen LogP contribution in [0.3, 0.4) is 0 Å². The van der Waals surface area contributed by atoms with E-state index in [9.17, 15) is 18.0 Å². The molecule has 0 aromatic heterocycles. The predicted molar refractivity (Wildman–Crippen MR) is 140 cm³/mol. The number of halogens is 2. The van der Waals surface area contributed by atoms with Crippen molar-refractivity contribution in [1.82, 2.24) is 10.2 Å². The highest BCUT2D eigenvalue weighted by atomic mass is 35.5. The van der Waals surface area contributed by atoms with E-state index in [1.165, 1.54) is 23.1 Å².